The molecular weight excluding hydrogens is 336 g/mol. The molecule has 0 bridgehead atoms. The van der Waals surface area contributed by atoms with Crippen LogP contribution in [0.1, 0.15) is 27.5 Å². The van der Waals surface area contributed by atoms with Crippen molar-refractivity contribution in [2.24, 2.45) is 0 Å². The Morgan fingerprint density at radius 2 is 1.76 bits per heavy atom. The Morgan fingerprint density at radius 3 is 2.40 bits per heavy atom. The number of morpholine rings is 1. The van der Waals surface area contributed by atoms with E-state index in [0.717, 1.165) is 38.4 Å². The summed E-state index contributed by atoms with van der Waals surface area (Å²) in [5.74, 6) is -0.0875. The third kappa shape index (κ3) is 5.05. The summed E-state index contributed by atoms with van der Waals surface area (Å²) in [6.07, 6.45) is 0. The molecule has 1 amide bonds. The first-order valence-corrected chi connectivity index (χ1v) is 8.93. The van der Waals surface area contributed by atoms with E-state index >= 15 is 0 Å². The number of ether oxygens (including phenoxy) is 1. The molecule has 1 N–H and O–H groups in total. The maximum absolute atomic E-state index is 12.7. The Hall–Kier alpha value is -1.88. The van der Waals surface area contributed by atoms with Crippen LogP contribution >= 0.6 is 11.6 Å². The minimum Gasteiger partial charge on any atom is -0.379 e. The van der Waals surface area contributed by atoms with Crippen molar-refractivity contribution in [1.29, 1.82) is 0 Å². The first-order chi connectivity index (χ1) is 12.1. The van der Waals surface area contributed by atoms with Crippen molar-refractivity contribution in [2.45, 2.75) is 13.0 Å². The van der Waals surface area contributed by atoms with Crippen molar-refractivity contribution in [3.05, 3.63) is 70.2 Å². The van der Waals surface area contributed by atoms with Crippen molar-refractivity contribution in [2.75, 3.05) is 32.8 Å². The van der Waals surface area contributed by atoms with Crippen LogP contribution in [-0.4, -0.2) is 43.7 Å². The molecule has 1 fully saturated rings. The lowest BCUT2D eigenvalue weighted by Gasteiger charge is -2.31. The van der Waals surface area contributed by atoms with E-state index in [0.29, 0.717) is 10.6 Å². The summed E-state index contributed by atoms with van der Waals surface area (Å²) in [6, 6.07) is 15.2. The number of carbonyl (C=O) groups excluding carboxylic acids is 1. The van der Waals surface area contributed by atoms with Crippen molar-refractivity contribution >= 4 is 17.5 Å². The average Bonchev–Trinajstić information content (AvgIpc) is 2.63. The number of aryl methyl sites for hydroxylation is 1. The van der Waals surface area contributed by atoms with E-state index in [9.17, 15) is 4.79 Å². The quantitative estimate of drug-likeness (QED) is 0.890. The second-order valence-electron chi connectivity index (χ2n) is 6.36. The molecule has 0 aliphatic carbocycles. The smallest absolute Gasteiger partial charge is 0.251 e. The normalized spacial score (nSPS) is 16.4. The van der Waals surface area contributed by atoms with Crippen LogP contribution in [0.25, 0.3) is 0 Å². The highest BCUT2D eigenvalue weighted by Gasteiger charge is 2.20. The van der Waals surface area contributed by atoms with Crippen LogP contribution in [0, 0.1) is 6.92 Å². The molecule has 1 heterocycles. The lowest BCUT2D eigenvalue weighted by molar-refractivity contribution is 0.0332. The number of hydrogen-bond acceptors (Lipinski definition) is 3. The maximum atomic E-state index is 12.7. The van der Waals surface area contributed by atoms with Crippen molar-refractivity contribution in [1.82, 2.24) is 10.2 Å². The van der Waals surface area contributed by atoms with Crippen LogP contribution in [0.3, 0.4) is 0 Å². The number of benzene rings is 2. The summed E-state index contributed by atoms with van der Waals surface area (Å²) >= 11 is 5.91. The standard InChI is InChI=1S/C20H23ClN2O2/c1-15-2-4-16(5-3-15)19(14-23-10-12-25-13-11-23)22-20(24)17-6-8-18(21)9-7-17/h2-9,19H,10-14H2,1H3,(H,22,24)/t19-/m0/s1. The Bertz CT molecular complexity index is 695. The monoisotopic (exact) mass is 358 g/mol. The van der Waals surface area contributed by atoms with Gasteiger partial charge in [0.1, 0.15) is 0 Å². The highest BCUT2D eigenvalue weighted by atomic mass is 35.5. The highest BCUT2D eigenvalue weighted by molar-refractivity contribution is 6.30. The molecule has 5 heteroatoms. The van der Waals surface area contributed by atoms with E-state index in [4.69, 9.17) is 16.3 Å². The van der Waals surface area contributed by atoms with Crippen LogP contribution in [0.5, 0.6) is 0 Å². The van der Waals surface area contributed by atoms with Gasteiger partial charge in [0.15, 0.2) is 0 Å². The fourth-order valence-electron chi connectivity index (χ4n) is 2.92. The second-order valence-corrected chi connectivity index (χ2v) is 6.79. The largest absolute Gasteiger partial charge is 0.379 e. The molecule has 0 unspecified atom stereocenters. The molecule has 2 aromatic rings. The molecular formula is C20H23ClN2O2. The molecule has 1 atom stereocenters. The predicted molar refractivity (Wildman–Crippen MR) is 100 cm³/mol. The van der Waals surface area contributed by atoms with Gasteiger partial charge in [0, 0.05) is 30.2 Å². The molecule has 0 radical (unpaired) electrons. The summed E-state index contributed by atoms with van der Waals surface area (Å²) in [4.78, 5) is 15.0. The number of nitrogens with one attached hydrogen (secondary N) is 1. The molecule has 25 heavy (non-hydrogen) atoms. The minimum absolute atomic E-state index is 0.0677. The van der Waals surface area contributed by atoms with Crippen LogP contribution in [-0.2, 0) is 4.74 Å². The third-order valence-electron chi connectivity index (χ3n) is 4.44. The highest BCUT2D eigenvalue weighted by Crippen LogP contribution is 2.18. The molecule has 2 aromatic carbocycles. The molecule has 0 saturated carbocycles. The van der Waals surface area contributed by atoms with Gasteiger partial charge in [0.25, 0.3) is 5.91 Å². The van der Waals surface area contributed by atoms with Gasteiger partial charge in [-0.1, -0.05) is 41.4 Å². The van der Waals surface area contributed by atoms with Gasteiger partial charge in [0.05, 0.1) is 19.3 Å². The van der Waals surface area contributed by atoms with Gasteiger partial charge in [-0.05, 0) is 36.8 Å². The van der Waals surface area contributed by atoms with Crippen LogP contribution in [0.4, 0.5) is 0 Å². The molecule has 0 spiro atoms. The zero-order chi connectivity index (χ0) is 17.6. The van der Waals surface area contributed by atoms with Gasteiger partial charge >= 0.3 is 0 Å². The minimum atomic E-state index is -0.0875. The summed E-state index contributed by atoms with van der Waals surface area (Å²) in [5.41, 5.74) is 2.93. The molecule has 1 aliphatic heterocycles. The first-order valence-electron chi connectivity index (χ1n) is 8.55. The van der Waals surface area contributed by atoms with Gasteiger partial charge < -0.3 is 10.1 Å². The number of hydrogen-bond donors (Lipinski definition) is 1. The zero-order valence-corrected chi connectivity index (χ0v) is 15.1. The second kappa shape index (κ2) is 8.48. The maximum Gasteiger partial charge on any atom is 0.251 e. The van der Waals surface area contributed by atoms with E-state index < -0.39 is 0 Å². The van der Waals surface area contributed by atoms with Gasteiger partial charge in [-0.2, -0.15) is 0 Å². The number of rotatable bonds is 5. The number of carbonyl (C=O) groups is 1. The van der Waals surface area contributed by atoms with Gasteiger partial charge in [-0.3, -0.25) is 9.69 Å². The van der Waals surface area contributed by atoms with Crippen LogP contribution < -0.4 is 5.32 Å². The molecule has 4 nitrogen and oxygen atoms in total. The summed E-state index contributed by atoms with van der Waals surface area (Å²) < 4.78 is 5.42. The lowest BCUT2D eigenvalue weighted by atomic mass is 10.0. The predicted octanol–water partition coefficient (Wildman–Crippen LogP) is 3.45. The van der Waals surface area contributed by atoms with E-state index in [2.05, 4.69) is 41.4 Å². The van der Waals surface area contributed by atoms with Gasteiger partial charge in [-0.25, -0.2) is 0 Å². The van der Waals surface area contributed by atoms with E-state index in [1.807, 2.05) is 0 Å². The van der Waals surface area contributed by atoms with E-state index in [1.165, 1.54) is 5.56 Å². The Balaban J connectivity index is 1.76. The topological polar surface area (TPSA) is 41.6 Å². The summed E-state index contributed by atoms with van der Waals surface area (Å²) in [5, 5.41) is 3.80. The Labute approximate surface area is 153 Å². The Kier molecular flexibility index (Phi) is 6.08. The SMILES string of the molecule is Cc1ccc([C@H](CN2CCOCC2)NC(=O)c2ccc(Cl)cc2)cc1. The van der Waals surface area contributed by atoms with Crippen molar-refractivity contribution in [3.63, 3.8) is 0 Å². The molecule has 132 valence electrons. The van der Waals surface area contributed by atoms with Crippen molar-refractivity contribution < 1.29 is 9.53 Å². The van der Waals surface area contributed by atoms with E-state index in [1.54, 1.807) is 24.3 Å². The summed E-state index contributed by atoms with van der Waals surface area (Å²) in [7, 11) is 0. The fraction of sp³-hybridized carbons (Fsp3) is 0.350. The van der Waals surface area contributed by atoms with Crippen molar-refractivity contribution in [3.8, 4) is 0 Å². The first kappa shape index (κ1) is 17.9. The number of halogens is 1. The lowest BCUT2D eigenvalue weighted by Crippen LogP contribution is -2.43. The molecule has 1 saturated heterocycles. The molecule has 1 aliphatic rings. The fourth-order valence-corrected chi connectivity index (χ4v) is 3.04. The number of amides is 1. The molecule has 3 rings (SSSR count). The van der Waals surface area contributed by atoms with E-state index in [-0.39, 0.29) is 11.9 Å². The number of nitrogens with zero attached hydrogens (tertiary/aromatic N) is 1. The molecule has 0 aromatic heterocycles. The van der Waals surface area contributed by atoms with Crippen LogP contribution in [0.15, 0.2) is 48.5 Å². The summed E-state index contributed by atoms with van der Waals surface area (Å²) in [6.45, 7) is 6.09. The zero-order valence-electron chi connectivity index (χ0n) is 14.4. The van der Waals surface area contributed by atoms with Gasteiger partial charge in [0.2, 0.25) is 0 Å². The Morgan fingerprint density at radius 1 is 1.12 bits per heavy atom. The van der Waals surface area contributed by atoms with Gasteiger partial charge in [-0.15, -0.1) is 0 Å². The average molecular weight is 359 g/mol. The van der Waals surface area contributed by atoms with Crippen LogP contribution in [0.2, 0.25) is 5.02 Å². The third-order valence-corrected chi connectivity index (χ3v) is 4.69.